The van der Waals surface area contributed by atoms with Crippen LogP contribution in [0.5, 0.6) is 11.5 Å². The van der Waals surface area contributed by atoms with Gasteiger partial charge in [0.05, 0.1) is 20.3 Å². The third-order valence-electron chi connectivity index (χ3n) is 5.77. The van der Waals surface area contributed by atoms with Crippen LogP contribution in [0.25, 0.3) is 0 Å². The molecular formula is C22H34N2O3S. The summed E-state index contributed by atoms with van der Waals surface area (Å²) in [5, 5.41) is 4.48. The number of hydrogen-bond donors (Lipinski definition) is 1. The van der Waals surface area contributed by atoms with E-state index in [0.717, 1.165) is 48.2 Å². The number of thiocarbonyl (C=S) groups is 1. The number of hydrogen-bond acceptors (Lipinski definition) is 4. The molecule has 0 amide bonds. The van der Waals surface area contributed by atoms with Crippen LogP contribution in [0.1, 0.15) is 56.9 Å². The van der Waals surface area contributed by atoms with Gasteiger partial charge >= 0.3 is 0 Å². The average molecular weight is 407 g/mol. The molecule has 156 valence electrons. The molecule has 5 nitrogen and oxygen atoms in total. The topological polar surface area (TPSA) is 43.0 Å². The summed E-state index contributed by atoms with van der Waals surface area (Å²) >= 11 is 5.86. The molecule has 1 aromatic rings. The zero-order chi connectivity index (χ0) is 19.8. The Hall–Kier alpha value is -1.53. The van der Waals surface area contributed by atoms with E-state index in [-0.39, 0.29) is 6.10 Å². The Morgan fingerprint density at radius 2 is 1.89 bits per heavy atom. The lowest BCUT2D eigenvalue weighted by Crippen LogP contribution is -2.46. The van der Waals surface area contributed by atoms with E-state index in [1.165, 1.54) is 38.5 Å². The van der Waals surface area contributed by atoms with E-state index in [0.29, 0.717) is 12.6 Å². The van der Waals surface area contributed by atoms with Crippen LogP contribution < -0.4 is 14.8 Å². The van der Waals surface area contributed by atoms with E-state index in [1.807, 2.05) is 18.2 Å². The van der Waals surface area contributed by atoms with Crippen molar-refractivity contribution >= 4 is 17.3 Å². The van der Waals surface area contributed by atoms with Gasteiger partial charge in [-0.3, -0.25) is 0 Å². The minimum Gasteiger partial charge on any atom is -0.497 e. The Balaban J connectivity index is 1.73. The molecule has 3 rings (SSSR count). The molecule has 2 aliphatic rings. The highest BCUT2D eigenvalue weighted by atomic mass is 32.1. The van der Waals surface area contributed by atoms with Gasteiger partial charge in [-0.05, 0) is 56.1 Å². The first-order valence-corrected chi connectivity index (χ1v) is 11.0. The SMILES string of the molecule is COc1ccc(OC)c(CN(C[C@@H]2CCCO2)C(=S)NC2CCCCCC2)c1. The van der Waals surface area contributed by atoms with E-state index in [1.54, 1.807) is 14.2 Å². The van der Waals surface area contributed by atoms with Crippen LogP contribution in [0.2, 0.25) is 0 Å². The lowest BCUT2D eigenvalue weighted by molar-refractivity contribution is 0.0893. The maximum absolute atomic E-state index is 5.90. The highest BCUT2D eigenvalue weighted by Gasteiger charge is 2.24. The Bertz CT molecular complexity index is 626. The Morgan fingerprint density at radius 3 is 2.54 bits per heavy atom. The molecule has 0 spiro atoms. The van der Waals surface area contributed by atoms with E-state index < -0.39 is 0 Å². The fourth-order valence-corrected chi connectivity index (χ4v) is 4.46. The monoisotopic (exact) mass is 406 g/mol. The highest BCUT2D eigenvalue weighted by molar-refractivity contribution is 7.80. The molecule has 1 atom stereocenters. The van der Waals surface area contributed by atoms with Crippen molar-refractivity contribution in [1.29, 1.82) is 0 Å². The molecule has 1 aliphatic carbocycles. The van der Waals surface area contributed by atoms with Crippen molar-refractivity contribution in [1.82, 2.24) is 10.2 Å². The summed E-state index contributed by atoms with van der Waals surface area (Å²) < 4.78 is 16.9. The molecule has 28 heavy (non-hydrogen) atoms. The van der Waals surface area contributed by atoms with Crippen LogP contribution in [0.3, 0.4) is 0 Å². The molecule has 1 heterocycles. The summed E-state index contributed by atoms with van der Waals surface area (Å²) in [5.41, 5.74) is 1.07. The van der Waals surface area contributed by atoms with E-state index >= 15 is 0 Å². The average Bonchev–Trinajstić information content (AvgIpc) is 3.09. The van der Waals surface area contributed by atoms with E-state index in [2.05, 4.69) is 10.2 Å². The standard InChI is InChI=1S/C22H34N2O3S/c1-25-19-11-12-21(26-2)17(14-19)15-24(16-20-10-7-13-27-20)22(28)23-18-8-5-3-4-6-9-18/h11-12,14,18,20H,3-10,13,15-16H2,1-2H3,(H,23,28)/t20-/m0/s1. The second-order valence-corrected chi connectivity index (χ2v) is 8.22. The van der Waals surface area contributed by atoms with Crippen LogP contribution >= 0.6 is 12.2 Å². The first-order valence-electron chi connectivity index (χ1n) is 10.6. The van der Waals surface area contributed by atoms with Gasteiger partial charge in [0.1, 0.15) is 11.5 Å². The first kappa shape index (κ1) is 21.2. The van der Waals surface area contributed by atoms with Crippen molar-refractivity contribution in [2.75, 3.05) is 27.4 Å². The maximum Gasteiger partial charge on any atom is 0.169 e. The van der Waals surface area contributed by atoms with Gasteiger partial charge in [0, 0.05) is 31.3 Å². The molecule has 1 saturated carbocycles. The molecule has 0 aromatic heterocycles. The second-order valence-electron chi connectivity index (χ2n) is 7.83. The summed E-state index contributed by atoms with van der Waals surface area (Å²) in [4.78, 5) is 2.24. The fraction of sp³-hybridized carbons (Fsp3) is 0.682. The van der Waals surface area contributed by atoms with E-state index in [4.69, 9.17) is 26.4 Å². The van der Waals surface area contributed by atoms with Crippen molar-refractivity contribution in [3.63, 3.8) is 0 Å². The molecule has 1 aliphatic heterocycles. The van der Waals surface area contributed by atoms with Gasteiger partial charge in [-0.2, -0.15) is 0 Å². The molecule has 0 unspecified atom stereocenters. The minimum absolute atomic E-state index is 0.241. The van der Waals surface area contributed by atoms with E-state index in [9.17, 15) is 0 Å². The van der Waals surface area contributed by atoms with Crippen molar-refractivity contribution in [2.45, 2.75) is 70.1 Å². The maximum atomic E-state index is 5.90. The summed E-state index contributed by atoms with van der Waals surface area (Å²) in [5.74, 6) is 1.69. The summed E-state index contributed by atoms with van der Waals surface area (Å²) in [7, 11) is 3.39. The number of benzene rings is 1. The van der Waals surface area contributed by atoms with Gasteiger partial charge in [0.15, 0.2) is 5.11 Å². The molecule has 1 aromatic carbocycles. The largest absolute Gasteiger partial charge is 0.497 e. The smallest absolute Gasteiger partial charge is 0.169 e. The predicted molar refractivity (Wildman–Crippen MR) is 116 cm³/mol. The van der Waals surface area contributed by atoms with Gasteiger partial charge in [0.25, 0.3) is 0 Å². The zero-order valence-corrected chi connectivity index (χ0v) is 18.1. The molecule has 0 radical (unpaired) electrons. The molecule has 6 heteroatoms. The zero-order valence-electron chi connectivity index (χ0n) is 17.2. The van der Waals surface area contributed by atoms with Crippen molar-refractivity contribution in [3.05, 3.63) is 23.8 Å². The van der Waals surface area contributed by atoms with Crippen LogP contribution in [-0.4, -0.2) is 49.5 Å². The van der Waals surface area contributed by atoms with Gasteiger partial charge in [-0.25, -0.2) is 0 Å². The Kier molecular flexibility index (Phi) is 8.22. The van der Waals surface area contributed by atoms with Gasteiger partial charge in [0.2, 0.25) is 0 Å². The summed E-state index contributed by atoms with van der Waals surface area (Å²) in [6.45, 7) is 2.33. The van der Waals surface area contributed by atoms with Gasteiger partial charge < -0.3 is 24.4 Å². The van der Waals surface area contributed by atoms with Crippen LogP contribution in [0.15, 0.2) is 18.2 Å². The van der Waals surface area contributed by atoms with Crippen LogP contribution in [0.4, 0.5) is 0 Å². The Labute approximate surface area is 174 Å². The molecule has 1 saturated heterocycles. The third kappa shape index (κ3) is 5.98. The second kappa shape index (κ2) is 10.9. The minimum atomic E-state index is 0.241. The van der Waals surface area contributed by atoms with Gasteiger partial charge in [-0.1, -0.05) is 25.7 Å². The van der Waals surface area contributed by atoms with Gasteiger partial charge in [-0.15, -0.1) is 0 Å². The lowest BCUT2D eigenvalue weighted by atomic mass is 10.1. The highest BCUT2D eigenvalue weighted by Crippen LogP contribution is 2.26. The normalized spacial score (nSPS) is 20.4. The molecular weight excluding hydrogens is 372 g/mol. The third-order valence-corrected chi connectivity index (χ3v) is 6.14. The van der Waals surface area contributed by atoms with Crippen molar-refractivity contribution in [3.8, 4) is 11.5 Å². The number of nitrogens with one attached hydrogen (secondary N) is 1. The van der Waals surface area contributed by atoms with Crippen LogP contribution in [-0.2, 0) is 11.3 Å². The fourth-order valence-electron chi connectivity index (χ4n) is 4.15. The summed E-state index contributed by atoms with van der Waals surface area (Å²) in [6, 6.07) is 6.40. The lowest BCUT2D eigenvalue weighted by Gasteiger charge is -2.31. The van der Waals surface area contributed by atoms with Crippen molar-refractivity contribution in [2.24, 2.45) is 0 Å². The molecule has 2 fully saturated rings. The quantitative estimate of drug-likeness (QED) is 0.538. The number of methoxy groups -OCH3 is 2. The number of nitrogens with zero attached hydrogens (tertiary/aromatic N) is 1. The number of ether oxygens (including phenoxy) is 3. The predicted octanol–water partition coefficient (Wildman–Crippen LogP) is 4.28. The van der Waals surface area contributed by atoms with Crippen LogP contribution in [0, 0.1) is 0 Å². The summed E-state index contributed by atoms with van der Waals surface area (Å²) in [6.07, 6.45) is 10.1. The first-order chi connectivity index (χ1) is 13.7. The van der Waals surface area contributed by atoms with Crippen molar-refractivity contribution < 1.29 is 14.2 Å². The number of rotatable bonds is 7. The Morgan fingerprint density at radius 1 is 1.11 bits per heavy atom. The molecule has 1 N–H and O–H groups in total. The molecule has 0 bridgehead atoms.